The largest absolute Gasteiger partial charge is 0.397 e. The molecule has 0 radical (unpaired) electrons. The van der Waals surface area contributed by atoms with Crippen LogP contribution in [-0.2, 0) is 6.42 Å². The summed E-state index contributed by atoms with van der Waals surface area (Å²) in [7, 11) is 0. The Balaban J connectivity index is 1.55. The van der Waals surface area contributed by atoms with Crippen molar-refractivity contribution in [2.45, 2.75) is 26.2 Å². The van der Waals surface area contributed by atoms with Crippen molar-refractivity contribution in [2.75, 3.05) is 11.1 Å². The molecule has 0 fully saturated rings. The van der Waals surface area contributed by atoms with Crippen molar-refractivity contribution in [3.8, 4) is 11.4 Å². The number of carbonyl (C=O) groups is 1. The van der Waals surface area contributed by atoms with Crippen LogP contribution in [0.1, 0.15) is 35.1 Å². The van der Waals surface area contributed by atoms with Gasteiger partial charge in [0.2, 0.25) is 0 Å². The van der Waals surface area contributed by atoms with E-state index in [4.69, 9.17) is 5.73 Å². The van der Waals surface area contributed by atoms with Gasteiger partial charge in [0.15, 0.2) is 5.13 Å². The molecule has 1 amide bonds. The molecule has 0 atom stereocenters. The number of aryl methyl sites for hydroxylation is 1. The fourth-order valence-corrected chi connectivity index (χ4v) is 4.53. The number of unbranched alkanes of at least 4 members (excludes halogenated alkanes) is 1. The third-order valence-corrected chi connectivity index (χ3v) is 6.17. The summed E-state index contributed by atoms with van der Waals surface area (Å²) in [5.41, 5.74) is 9.22. The van der Waals surface area contributed by atoms with Crippen molar-refractivity contribution in [2.24, 2.45) is 0 Å². The summed E-state index contributed by atoms with van der Waals surface area (Å²) < 4.78 is 0. The molecule has 8 heteroatoms. The number of rotatable bonds is 6. The molecular formula is C20H19N5OS2. The highest BCUT2D eigenvalue weighted by Gasteiger charge is 2.19. The minimum absolute atomic E-state index is 0.266. The normalized spacial score (nSPS) is 11.0. The van der Waals surface area contributed by atoms with Gasteiger partial charge in [-0.05, 0) is 37.1 Å². The van der Waals surface area contributed by atoms with Crippen LogP contribution in [0, 0.1) is 0 Å². The molecule has 0 aliphatic rings. The lowest BCUT2D eigenvalue weighted by molar-refractivity contribution is 0.103. The number of nitrogens with one attached hydrogen (secondary N) is 1. The molecule has 0 aromatic carbocycles. The van der Waals surface area contributed by atoms with Gasteiger partial charge in [0.05, 0.1) is 11.4 Å². The molecule has 4 aromatic rings. The summed E-state index contributed by atoms with van der Waals surface area (Å²) in [5, 5.41) is 6.05. The predicted octanol–water partition coefficient (Wildman–Crippen LogP) is 4.99. The Bertz CT molecular complexity index is 1120. The molecule has 0 saturated carbocycles. The highest BCUT2D eigenvalue weighted by molar-refractivity contribution is 7.21. The minimum atomic E-state index is -0.266. The molecular weight excluding hydrogens is 390 g/mol. The van der Waals surface area contributed by atoms with Gasteiger partial charge in [-0.2, -0.15) is 0 Å². The van der Waals surface area contributed by atoms with E-state index < -0.39 is 0 Å². The molecule has 4 rings (SSSR count). The minimum Gasteiger partial charge on any atom is -0.397 e. The van der Waals surface area contributed by atoms with Crippen molar-refractivity contribution >= 4 is 49.6 Å². The van der Waals surface area contributed by atoms with Crippen molar-refractivity contribution in [3.05, 3.63) is 52.5 Å². The summed E-state index contributed by atoms with van der Waals surface area (Å²) in [6, 6.07) is 9.58. The first kappa shape index (κ1) is 18.5. The highest BCUT2D eigenvalue weighted by atomic mass is 32.1. The van der Waals surface area contributed by atoms with E-state index >= 15 is 0 Å². The summed E-state index contributed by atoms with van der Waals surface area (Å²) in [6.45, 7) is 2.15. The Morgan fingerprint density at radius 3 is 2.86 bits per heavy atom. The van der Waals surface area contributed by atoms with Crippen LogP contribution in [0.25, 0.3) is 21.6 Å². The smallest absolute Gasteiger partial charge is 0.269 e. The number of amides is 1. The summed E-state index contributed by atoms with van der Waals surface area (Å²) in [6.07, 6.45) is 4.86. The lowest BCUT2D eigenvalue weighted by Crippen LogP contribution is -2.11. The molecule has 0 aliphatic carbocycles. The first-order valence-corrected chi connectivity index (χ1v) is 10.7. The lowest BCUT2D eigenvalue weighted by atomic mass is 10.1. The lowest BCUT2D eigenvalue weighted by Gasteiger charge is -2.00. The average Bonchev–Trinajstić information content (AvgIpc) is 3.31. The van der Waals surface area contributed by atoms with Gasteiger partial charge in [0, 0.05) is 22.7 Å². The Morgan fingerprint density at radius 1 is 1.18 bits per heavy atom. The summed E-state index contributed by atoms with van der Waals surface area (Å²) in [5.74, 6) is -0.266. The predicted molar refractivity (Wildman–Crippen MR) is 116 cm³/mol. The van der Waals surface area contributed by atoms with Gasteiger partial charge in [-0.1, -0.05) is 19.4 Å². The van der Waals surface area contributed by atoms with E-state index in [0.717, 1.165) is 46.6 Å². The fourth-order valence-electron chi connectivity index (χ4n) is 2.82. The van der Waals surface area contributed by atoms with Gasteiger partial charge in [-0.15, -0.1) is 22.7 Å². The number of hydrogen-bond donors (Lipinski definition) is 2. The molecule has 0 aliphatic heterocycles. The second-order valence-corrected chi connectivity index (χ2v) is 8.17. The van der Waals surface area contributed by atoms with E-state index in [2.05, 4.69) is 27.2 Å². The molecule has 3 N–H and O–H groups in total. The number of carbonyl (C=O) groups excluding carboxylic acids is 1. The molecule has 4 aromatic heterocycles. The maximum atomic E-state index is 12.7. The van der Waals surface area contributed by atoms with Crippen molar-refractivity contribution in [3.63, 3.8) is 0 Å². The summed E-state index contributed by atoms with van der Waals surface area (Å²) >= 11 is 2.68. The van der Waals surface area contributed by atoms with Crippen molar-refractivity contribution < 1.29 is 4.79 Å². The number of thiophene rings is 1. The van der Waals surface area contributed by atoms with Gasteiger partial charge in [0.1, 0.15) is 15.4 Å². The zero-order chi connectivity index (χ0) is 19.5. The number of hydrogen-bond acceptors (Lipinski definition) is 7. The molecule has 0 bridgehead atoms. The van der Waals surface area contributed by atoms with E-state index in [1.165, 1.54) is 22.7 Å². The summed E-state index contributed by atoms with van der Waals surface area (Å²) in [4.78, 5) is 27.4. The van der Waals surface area contributed by atoms with Crippen LogP contribution in [-0.4, -0.2) is 20.9 Å². The molecule has 4 heterocycles. The van der Waals surface area contributed by atoms with E-state index in [9.17, 15) is 4.79 Å². The van der Waals surface area contributed by atoms with Crippen LogP contribution in [0.4, 0.5) is 10.8 Å². The monoisotopic (exact) mass is 409 g/mol. The number of aromatic nitrogens is 3. The quantitative estimate of drug-likeness (QED) is 0.468. The molecule has 28 heavy (non-hydrogen) atoms. The average molecular weight is 410 g/mol. The van der Waals surface area contributed by atoms with Gasteiger partial charge < -0.3 is 5.73 Å². The first-order chi connectivity index (χ1) is 13.7. The van der Waals surface area contributed by atoms with Gasteiger partial charge in [-0.25, -0.2) is 9.97 Å². The number of thiazole rings is 1. The maximum Gasteiger partial charge on any atom is 0.269 e. The Labute approximate surface area is 170 Å². The number of anilines is 2. The van der Waals surface area contributed by atoms with E-state index in [1.807, 2.05) is 35.7 Å². The van der Waals surface area contributed by atoms with E-state index in [-0.39, 0.29) is 5.91 Å². The van der Waals surface area contributed by atoms with Gasteiger partial charge >= 0.3 is 0 Å². The third kappa shape index (κ3) is 3.74. The number of nitrogen functional groups attached to an aromatic ring is 1. The molecule has 142 valence electrons. The van der Waals surface area contributed by atoms with Crippen LogP contribution in [0.15, 0.2) is 41.9 Å². The molecule has 0 saturated heterocycles. The molecule has 0 unspecified atom stereocenters. The van der Waals surface area contributed by atoms with Crippen molar-refractivity contribution in [1.29, 1.82) is 0 Å². The second-order valence-electron chi connectivity index (χ2n) is 6.31. The Hall–Kier alpha value is -2.84. The fraction of sp³-hybridized carbons (Fsp3) is 0.200. The topological polar surface area (TPSA) is 93.8 Å². The Kier molecular flexibility index (Phi) is 5.31. The SMILES string of the molecule is CCCCc1ccc2c(N)c(C(=O)Nc3nc(-c4ccccn4)cs3)sc2n1. The Morgan fingerprint density at radius 2 is 2.07 bits per heavy atom. The second kappa shape index (κ2) is 8.04. The number of fused-ring (bicyclic) bond motifs is 1. The molecule has 0 spiro atoms. The van der Waals surface area contributed by atoms with Crippen LogP contribution in [0.3, 0.4) is 0 Å². The zero-order valence-corrected chi connectivity index (χ0v) is 16.9. The first-order valence-electron chi connectivity index (χ1n) is 9.02. The van der Waals surface area contributed by atoms with Gasteiger partial charge in [0.25, 0.3) is 5.91 Å². The third-order valence-electron chi connectivity index (χ3n) is 4.30. The van der Waals surface area contributed by atoms with Crippen LogP contribution < -0.4 is 11.1 Å². The van der Waals surface area contributed by atoms with E-state index in [1.54, 1.807) is 6.20 Å². The zero-order valence-electron chi connectivity index (χ0n) is 15.3. The standard InChI is InChI=1S/C20H19N5OS2/c1-2-3-6-12-8-9-13-16(21)17(28-19(13)23-12)18(26)25-20-24-15(11-27-20)14-7-4-5-10-22-14/h4-5,7-11H,2-3,6,21H2,1H3,(H,24,25,26). The number of pyridine rings is 2. The highest BCUT2D eigenvalue weighted by Crippen LogP contribution is 2.33. The number of nitrogens with zero attached hydrogens (tertiary/aromatic N) is 3. The van der Waals surface area contributed by atoms with Crippen LogP contribution >= 0.6 is 22.7 Å². The van der Waals surface area contributed by atoms with Crippen LogP contribution in [0.2, 0.25) is 0 Å². The van der Waals surface area contributed by atoms with Gasteiger partial charge in [-0.3, -0.25) is 15.1 Å². The molecule has 6 nitrogen and oxygen atoms in total. The van der Waals surface area contributed by atoms with Crippen LogP contribution in [0.5, 0.6) is 0 Å². The number of nitrogens with two attached hydrogens (primary N) is 1. The van der Waals surface area contributed by atoms with E-state index in [0.29, 0.717) is 15.7 Å². The van der Waals surface area contributed by atoms with Crippen molar-refractivity contribution in [1.82, 2.24) is 15.0 Å². The maximum absolute atomic E-state index is 12.7.